The number of carbonyl (C=O) groups is 3. The molecule has 1 saturated carbocycles. The van der Waals surface area contributed by atoms with Gasteiger partial charge in [0.15, 0.2) is 11.5 Å². The molecule has 1 unspecified atom stereocenters. The van der Waals surface area contributed by atoms with Gasteiger partial charge < -0.3 is 30.7 Å². The lowest BCUT2D eigenvalue weighted by Crippen LogP contribution is -2.46. The van der Waals surface area contributed by atoms with E-state index in [1.54, 1.807) is 25.1 Å². The van der Waals surface area contributed by atoms with Crippen LogP contribution in [0, 0.1) is 31.1 Å². The summed E-state index contributed by atoms with van der Waals surface area (Å²) in [6.07, 6.45) is 3.75. The Morgan fingerprint density at radius 3 is 2.56 bits per heavy atom. The van der Waals surface area contributed by atoms with Crippen molar-refractivity contribution in [1.82, 2.24) is 40.2 Å². The van der Waals surface area contributed by atoms with E-state index in [0.29, 0.717) is 29.9 Å². The number of anilines is 1. The van der Waals surface area contributed by atoms with Crippen LogP contribution in [0.4, 0.5) is 23.7 Å². The molecule has 1 aliphatic carbocycles. The van der Waals surface area contributed by atoms with E-state index in [-0.39, 0.29) is 59.5 Å². The van der Waals surface area contributed by atoms with Crippen molar-refractivity contribution in [1.29, 1.82) is 0 Å². The van der Waals surface area contributed by atoms with E-state index in [2.05, 4.69) is 37.3 Å². The van der Waals surface area contributed by atoms with Gasteiger partial charge in [-0.1, -0.05) is 5.92 Å². The molecule has 4 heterocycles. The van der Waals surface area contributed by atoms with Crippen molar-refractivity contribution < 1.29 is 27.6 Å². The molecular weight excluding hydrogens is 591 g/mol. The van der Waals surface area contributed by atoms with Crippen LogP contribution in [-0.2, 0) is 19.8 Å². The highest BCUT2D eigenvalue weighted by Crippen LogP contribution is 2.45. The number of rotatable bonds is 7. The van der Waals surface area contributed by atoms with Gasteiger partial charge in [0.05, 0.1) is 17.5 Å². The Labute approximate surface area is 256 Å². The fourth-order valence-corrected chi connectivity index (χ4v) is 6.23. The first-order chi connectivity index (χ1) is 21.4. The molecule has 15 heteroatoms. The van der Waals surface area contributed by atoms with E-state index >= 15 is 0 Å². The average Bonchev–Trinajstić information content (AvgIpc) is 3.59. The molecule has 3 aliphatic rings. The lowest BCUT2D eigenvalue weighted by molar-refractivity contribution is -0.141. The van der Waals surface area contributed by atoms with Gasteiger partial charge >= 0.3 is 12.2 Å². The third-order valence-corrected chi connectivity index (χ3v) is 8.65. The van der Waals surface area contributed by atoms with Crippen LogP contribution in [0.3, 0.4) is 0 Å². The summed E-state index contributed by atoms with van der Waals surface area (Å²) >= 11 is 0. The molecule has 2 saturated heterocycles. The molecule has 236 valence electrons. The number of fused-ring (bicyclic) bond motifs is 1. The first kappa shape index (κ1) is 30.2. The zero-order valence-electron chi connectivity index (χ0n) is 24.6. The fraction of sp³-hybridized carbons (Fsp3) is 0.433. The summed E-state index contributed by atoms with van der Waals surface area (Å²) in [7, 11) is 1.43. The van der Waals surface area contributed by atoms with Gasteiger partial charge in [0.25, 0.3) is 11.8 Å². The molecular formula is C30H32F3N9O3. The first-order valence-electron chi connectivity index (χ1n) is 14.5. The summed E-state index contributed by atoms with van der Waals surface area (Å²) < 4.78 is 43.2. The minimum absolute atomic E-state index is 0.00243. The van der Waals surface area contributed by atoms with Gasteiger partial charge in [-0.25, -0.2) is 9.78 Å². The number of urea groups is 1. The second-order valence-corrected chi connectivity index (χ2v) is 11.7. The van der Waals surface area contributed by atoms with Crippen molar-refractivity contribution in [2.75, 3.05) is 31.5 Å². The average molecular weight is 624 g/mol. The SMILES string of the molecule is C#CCn1cc(-c2cnc(C(=O)Nc3ccc(C(=O)NC4[C@H]5CN(C(=O)N[C@H]6CCNC6)C[C@@H]45)c(C)c3)n2C)c(C(F)(F)F)n1. The number of aryl methyl sites for hydroxylation is 1. The number of hydrogen-bond donors (Lipinski definition) is 4. The van der Waals surface area contributed by atoms with Crippen molar-refractivity contribution in [3.8, 4) is 23.6 Å². The number of aromatic nitrogens is 4. The van der Waals surface area contributed by atoms with Gasteiger partial charge in [0, 0.05) is 68.0 Å². The zero-order chi connectivity index (χ0) is 32.0. The number of alkyl halides is 3. The molecule has 3 aromatic rings. The Bertz CT molecular complexity index is 1690. The van der Waals surface area contributed by atoms with Crippen LogP contribution < -0.4 is 21.3 Å². The fourth-order valence-electron chi connectivity index (χ4n) is 6.23. The summed E-state index contributed by atoms with van der Waals surface area (Å²) in [5.41, 5.74) is 0.114. The van der Waals surface area contributed by atoms with E-state index < -0.39 is 17.8 Å². The number of hydrogen-bond acceptors (Lipinski definition) is 6. The maximum Gasteiger partial charge on any atom is 0.435 e. The Kier molecular flexibility index (Phi) is 7.77. The number of nitrogens with zero attached hydrogens (tertiary/aromatic N) is 5. The largest absolute Gasteiger partial charge is 0.435 e. The van der Waals surface area contributed by atoms with Crippen LogP contribution in [-0.4, -0.2) is 80.3 Å². The molecule has 1 aromatic carbocycles. The van der Waals surface area contributed by atoms with E-state index in [0.717, 1.165) is 24.2 Å². The molecule has 2 aliphatic heterocycles. The zero-order valence-corrected chi connectivity index (χ0v) is 24.6. The van der Waals surface area contributed by atoms with Gasteiger partial charge in [-0.2, -0.15) is 18.3 Å². The predicted molar refractivity (Wildman–Crippen MR) is 157 cm³/mol. The van der Waals surface area contributed by atoms with Crippen molar-refractivity contribution in [2.45, 2.75) is 38.1 Å². The van der Waals surface area contributed by atoms with Crippen LogP contribution in [0.2, 0.25) is 0 Å². The maximum absolute atomic E-state index is 13.7. The molecule has 3 fully saturated rings. The molecule has 2 aromatic heterocycles. The third kappa shape index (κ3) is 5.97. The molecule has 4 N–H and O–H groups in total. The van der Waals surface area contributed by atoms with Gasteiger partial charge in [-0.05, 0) is 43.7 Å². The van der Waals surface area contributed by atoms with Crippen LogP contribution in [0.5, 0.6) is 0 Å². The second kappa shape index (κ2) is 11.6. The number of piperidine rings is 1. The van der Waals surface area contributed by atoms with E-state index in [9.17, 15) is 27.6 Å². The van der Waals surface area contributed by atoms with E-state index in [4.69, 9.17) is 6.42 Å². The number of likely N-dealkylation sites (tertiary alicyclic amines) is 1. The molecule has 4 amide bonds. The van der Waals surface area contributed by atoms with Crippen molar-refractivity contribution >= 4 is 23.5 Å². The second-order valence-electron chi connectivity index (χ2n) is 11.7. The highest BCUT2D eigenvalue weighted by atomic mass is 19.4. The number of nitrogens with one attached hydrogen (secondary N) is 4. The van der Waals surface area contributed by atoms with Gasteiger partial charge in [-0.3, -0.25) is 14.3 Å². The van der Waals surface area contributed by atoms with Crippen LogP contribution in [0.1, 0.15) is 38.7 Å². The first-order valence-corrected chi connectivity index (χ1v) is 14.5. The Morgan fingerprint density at radius 1 is 1.16 bits per heavy atom. The number of halogens is 3. The minimum Gasteiger partial charge on any atom is -0.349 e. The van der Waals surface area contributed by atoms with Gasteiger partial charge in [-0.15, -0.1) is 6.42 Å². The summed E-state index contributed by atoms with van der Waals surface area (Å²) in [4.78, 5) is 44.5. The minimum atomic E-state index is -4.74. The quantitative estimate of drug-likeness (QED) is 0.298. The Balaban J connectivity index is 1.06. The molecule has 12 nitrogen and oxygen atoms in total. The van der Waals surface area contributed by atoms with E-state index in [1.165, 1.54) is 24.0 Å². The van der Waals surface area contributed by atoms with Crippen molar-refractivity contribution in [3.63, 3.8) is 0 Å². The molecule has 6 rings (SSSR count). The highest BCUT2D eigenvalue weighted by Gasteiger charge is 2.57. The van der Waals surface area contributed by atoms with E-state index in [1.807, 2.05) is 4.90 Å². The molecule has 45 heavy (non-hydrogen) atoms. The topological polar surface area (TPSA) is 138 Å². The monoisotopic (exact) mass is 623 g/mol. The number of terminal acetylenes is 1. The third-order valence-electron chi connectivity index (χ3n) is 8.65. The summed E-state index contributed by atoms with van der Waals surface area (Å²) in [6, 6.07) is 4.92. The lowest BCUT2D eigenvalue weighted by Gasteiger charge is -2.23. The number of amides is 4. The normalized spacial score (nSPS) is 22.1. The Morgan fingerprint density at radius 2 is 1.91 bits per heavy atom. The predicted octanol–water partition coefficient (Wildman–Crippen LogP) is 2.23. The molecule has 0 radical (unpaired) electrons. The van der Waals surface area contributed by atoms with Crippen LogP contribution in [0.25, 0.3) is 11.3 Å². The standard InChI is InChI=1S/C30H32F3N9O3/c1-4-9-42-15-22(25(39-42)30(31,32)33)23-12-35-26(40(23)3)28(44)36-17-5-6-19(16(2)10-17)27(43)38-24-20-13-41(14-21(20)24)29(45)37-18-7-8-34-11-18/h1,5-6,10,12,15,18,20-21,24,34H,7-9,11,13-14H2,2-3H3,(H,36,44)(H,37,45)(H,38,43)/t18-,20-,21+,24?/m0/s1. The van der Waals surface area contributed by atoms with Crippen molar-refractivity contribution in [2.24, 2.45) is 18.9 Å². The molecule has 4 atom stereocenters. The summed E-state index contributed by atoms with van der Waals surface area (Å²) in [5, 5.41) is 15.6. The number of carbonyl (C=O) groups excluding carboxylic acids is 3. The Hall–Kier alpha value is -4.84. The number of imidazole rings is 1. The maximum atomic E-state index is 13.7. The van der Waals surface area contributed by atoms with Gasteiger partial charge in [0.1, 0.15) is 6.54 Å². The van der Waals surface area contributed by atoms with Crippen LogP contribution in [0.15, 0.2) is 30.6 Å². The summed E-state index contributed by atoms with van der Waals surface area (Å²) in [5.74, 6) is 1.69. The number of benzene rings is 1. The molecule has 0 spiro atoms. The lowest BCUT2D eigenvalue weighted by atomic mass is 10.1. The van der Waals surface area contributed by atoms with Crippen LogP contribution >= 0.6 is 0 Å². The smallest absolute Gasteiger partial charge is 0.349 e. The van der Waals surface area contributed by atoms with Crippen molar-refractivity contribution in [3.05, 3.63) is 53.2 Å². The van der Waals surface area contributed by atoms with Gasteiger partial charge in [0.2, 0.25) is 0 Å². The molecule has 0 bridgehead atoms. The summed E-state index contributed by atoms with van der Waals surface area (Å²) in [6.45, 7) is 4.48. The highest BCUT2D eigenvalue weighted by molar-refractivity contribution is 6.03.